The highest BCUT2D eigenvalue weighted by Crippen LogP contribution is 2.27. The van der Waals surface area contributed by atoms with Crippen molar-refractivity contribution in [3.05, 3.63) is 58.6 Å². The fourth-order valence-corrected chi connectivity index (χ4v) is 2.06. The average Bonchev–Trinajstić information content (AvgIpc) is 2.49. The van der Waals surface area contributed by atoms with Crippen LogP contribution in [-0.4, -0.2) is 25.7 Å². The van der Waals surface area contributed by atoms with Gasteiger partial charge in [0.2, 0.25) is 0 Å². The molecule has 0 aliphatic rings. The highest BCUT2D eigenvalue weighted by molar-refractivity contribution is 9.10. The van der Waals surface area contributed by atoms with Gasteiger partial charge >= 0.3 is 11.9 Å². The summed E-state index contributed by atoms with van der Waals surface area (Å²) in [5.41, 5.74) is 0.382. The molecule has 0 atom stereocenters. The maximum absolute atomic E-state index is 12.1. The third kappa shape index (κ3) is 4.41. The van der Waals surface area contributed by atoms with Crippen LogP contribution >= 0.6 is 15.9 Å². The Morgan fingerprint density at radius 1 is 1.00 bits per heavy atom. The Kier molecular flexibility index (Phi) is 5.68. The molecular weight excluding hydrogens is 352 g/mol. The minimum atomic E-state index is -0.576. The molecule has 0 heterocycles. The van der Waals surface area contributed by atoms with Crippen LogP contribution in [0.15, 0.2) is 53.0 Å². The van der Waals surface area contributed by atoms with Crippen LogP contribution < -0.4 is 9.47 Å². The van der Waals surface area contributed by atoms with Gasteiger partial charge < -0.3 is 14.2 Å². The van der Waals surface area contributed by atoms with Gasteiger partial charge in [0, 0.05) is 11.6 Å². The topological polar surface area (TPSA) is 61.8 Å². The Bertz CT molecular complexity index is 684. The van der Waals surface area contributed by atoms with Crippen molar-refractivity contribution in [3.63, 3.8) is 0 Å². The van der Waals surface area contributed by atoms with E-state index in [1.807, 2.05) is 0 Å². The van der Waals surface area contributed by atoms with E-state index in [1.165, 1.54) is 13.2 Å². The van der Waals surface area contributed by atoms with Crippen LogP contribution in [0.2, 0.25) is 0 Å². The molecule has 0 saturated heterocycles. The normalized spacial score (nSPS) is 10.1. The van der Waals surface area contributed by atoms with Crippen molar-refractivity contribution in [1.82, 2.24) is 0 Å². The smallest absolute Gasteiger partial charge is 0.343 e. The second-order valence-electron chi connectivity index (χ2n) is 4.25. The average molecular weight is 365 g/mol. The van der Waals surface area contributed by atoms with E-state index in [9.17, 15) is 9.59 Å². The first-order valence-corrected chi connectivity index (χ1v) is 7.16. The highest BCUT2D eigenvalue weighted by Gasteiger charge is 2.14. The molecule has 2 rings (SSSR count). The van der Waals surface area contributed by atoms with Gasteiger partial charge in [0.15, 0.2) is 11.5 Å². The molecule has 0 amide bonds. The lowest BCUT2D eigenvalue weighted by Gasteiger charge is -2.10. The van der Waals surface area contributed by atoms with Crippen molar-refractivity contribution < 1.29 is 23.8 Å². The summed E-state index contributed by atoms with van der Waals surface area (Å²) in [4.78, 5) is 23.6. The number of rotatable bonds is 5. The van der Waals surface area contributed by atoms with E-state index in [4.69, 9.17) is 14.2 Å². The van der Waals surface area contributed by atoms with E-state index in [0.717, 1.165) is 4.47 Å². The summed E-state index contributed by atoms with van der Waals surface area (Å²) < 4.78 is 15.8. The van der Waals surface area contributed by atoms with Crippen LogP contribution in [-0.2, 0) is 9.53 Å². The molecular formula is C16H13BrO5. The number of halogens is 1. The number of carbonyl (C=O) groups excluding carboxylic acids is 2. The molecule has 0 unspecified atom stereocenters. The van der Waals surface area contributed by atoms with Gasteiger partial charge in [-0.15, -0.1) is 0 Å². The summed E-state index contributed by atoms with van der Waals surface area (Å²) >= 11 is 3.29. The first-order valence-electron chi connectivity index (χ1n) is 6.36. The number of hydrogen-bond donors (Lipinski definition) is 0. The van der Waals surface area contributed by atoms with Crippen LogP contribution in [0.1, 0.15) is 10.4 Å². The largest absolute Gasteiger partial charge is 0.421 e. The van der Waals surface area contributed by atoms with E-state index < -0.39 is 11.9 Å². The van der Waals surface area contributed by atoms with Crippen molar-refractivity contribution in [3.8, 4) is 11.5 Å². The number of hydrogen-bond acceptors (Lipinski definition) is 5. The van der Waals surface area contributed by atoms with Crippen molar-refractivity contribution in [2.75, 3.05) is 13.7 Å². The number of carbonyl (C=O) groups is 2. The molecule has 0 spiro atoms. The molecule has 114 valence electrons. The Morgan fingerprint density at radius 3 is 2.32 bits per heavy atom. The van der Waals surface area contributed by atoms with Gasteiger partial charge in [-0.2, -0.15) is 0 Å². The Labute approximate surface area is 135 Å². The maximum atomic E-state index is 12.1. The molecule has 0 saturated carbocycles. The van der Waals surface area contributed by atoms with Crippen LogP contribution in [0.5, 0.6) is 11.5 Å². The van der Waals surface area contributed by atoms with Crippen LogP contribution in [0.4, 0.5) is 0 Å². The first-order chi connectivity index (χ1) is 10.6. The second kappa shape index (κ2) is 7.72. The zero-order chi connectivity index (χ0) is 15.9. The summed E-state index contributed by atoms with van der Waals surface area (Å²) in [5, 5.41) is 0. The number of esters is 2. The zero-order valence-electron chi connectivity index (χ0n) is 11.7. The molecule has 2 aromatic carbocycles. The summed E-state index contributed by atoms with van der Waals surface area (Å²) in [5.74, 6) is -0.796. The monoisotopic (exact) mass is 364 g/mol. The number of para-hydroxylation sites is 2. The SMILES string of the molecule is COCC(=O)Oc1ccccc1OC(=O)c1cccc(Br)c1. The number of methoxy groups -OCH3 is 1. The van der Waals surface area contributed by atoms with E-state index >= 15 is 0 Å². The standard InChI is InChI=1S/C16H13BrO5/c1-20-10-15(18)21-13-7-2-3-8-14(13)22-16(19)11-5-4-6-12(17)9-11/h2-9H,10H2,1H3. The quantitative estimate of drug-likeness (QED) is 0.602. The van der Waals surface area contributed by atoms with Crippen molar-refractivity contribution in [1.29, 1.82) is 0 Å². The second-order valence-corrected chi connectivity index (χ2v) is 5.17. The van der Waals surface area contributed by atoms with Gasteiger partial charge in [-0.05, 0) is 30.3 Å². The van der Waals surface area contributed by atoms with Crippen LogP contribution in [0.25, 0.3) is 0 Å². The fourth-order valence-electron chi connectivity index (χ4n) is 1.66. The predicted octanol–water partition coefficient (Wildman–Crippen LogP) is 3.22. The molecule has 6 heteroatoms. The van der Waals surface area contributed by atoms with Gasteiger partial charge in [-0.1, -0.05) is 34.1 Å². The molecule has 5 nitrogen and oxygen atoms in total. The van der Waals surface area contributed by atoms with Gasteiger partial charge in [-0.3, -0.25) is 0 Å². The maximum Gasteiger partial charge on any atom is 0.343 e. The molecule has 0 N–H and O–H groups in total. The fraction of sp³-hybridized carbons (Fsp3) is 0.125. The third-order valence-electron chi connectivity index (χ3n) is 2.60. The van der Waals surface area contributed by atoms with Crippen molar-refractivity contribution >= 4 is 27.9 Å². The molecule has 22 heavy (non-hydrogen) atoms. The lowest BCUT2D eigenvalue weighted by Crippen LogP contribution is -2.16. The van der Waals surface area contributed by atoms with Gasteiger partial charge in [-0.25, -0.2) is 9.59 Å². The van der Waals surface area contributed by atoms with Gasteiger partial charge in [0.1, 0.15) is 6.61 Å². The molecule has 0 fully saturated rings. The van der Waals surface area contributed by atoms with Gasteiger partial charge in [0.25, 0.3) is 0 Å². The summed E-state index contributed by atoms with van der Waals surface area (Å²) in [6.45, 7) is -0.187. The molecule has 0 radical (unpaired) electrons. The summed E-state index contributed by atoms with van der Waals surface area (Å²) in [6, 6.07) is 13.2. The summed E-state index contributed by atoms with van der Waals surface area (Å²) in [7, 11) is 1.39. The van der Waals surface area contributed by atoms with E-state index in [-0.39, 0.29) is 18.1 Å². The van der Waals surface area contributed by atoms with E-state index in [1.54, 1.807) is 42.5 Å². The Hall–Kier alpha value is -2.18. The predicted molar refractivity (Wildman–Crippen MR) is 83.1 cm³/mol. The molecule has 0 aliphatic carbocycles. The lowest BCUT2D eigenvalue weighted by atomic mass is 10.2. The Morgan fingerprint density at radius 2 is 1.68 bits per heavy atom. The van der Waals surface area contributed by atoms with Crippen molar-refractivity contribution in [2.45, 2.75) is 0 Å². The molecule has 0 aliphatic heterocycles. The van der Waals surface area contributed by atoms with E-state index in [0.29, 0.717) is 5.56 Å². The minimum absolute atomic E-state index is 0.160. The zero-order valence-corrected chi connectivity index (χ0v) is 13.3. The summed E-state index contributed by atoms with van der Waals surface area (Å²) in [6.07, 6.45) is 0. The number of ether oxygens (including phenoxy) is 3. The van der Waals surface area contributed by atoms with Gasteiger partial charge in [0.05, 0.1) is 5.56 Å². The first kappa shape index (κ1) is 16.2. The van der Waals surface area contributed by atoms with Crippen LogP contribution in [0, 0.1) is 0 Å². The van der Waals surface area contributed by atoms with Crippen LogP contribution in [0.3, 0.4) is 0 Å². The Balaban J connectivity index is 2.15. The highest BCUT2D eigenvalue weighted by atomic mass is 79.9. The third-order valence-corrected chi connectivity index (χ3v) is 3.09. The molecule has 0 aromatic heterocycles. The minimum Gasteiger partial charge on any atom is -0.421 e. The number of benzene rings is 2. The van der Waals surface area contributed by atoms with E-state index in [2.05, 4.69) is 15.9 Å². The van der Waals surface area contributed by atoms with Crippen molar-refractivity contribution in [2.24, 2.45) is 0 Å². The molecule has 0 bridgehead atoms. The molecule has 2 aromatic rings. The lowest BCUT2D eigenvalue weighted by molar-refractivity contribution is -0.138.